The zero-order chi connectivity index (χ0) is 23.8. The van der Waals surface area contributed by atoms with Crippen LogP contribution in [0.3, 0.4) is 0 Å². The van der Waals surface area contributed by atoms with Crippen LogP contribution >= 0.6 is 0 Å². The van der Waals surface area contributed by atoms with Gasteiger partial charge in [-0.1, -0.05) is 12.1 Å². The molecule has 0 saturated carbocycles. The lowest BCUT2D eigenvalue weighted by Crippen LogP contribution is -2.53. The summed E-state index contributed by atoms with van der Waals surface area (Å²) >= 11 is 0. The highest BCUT2D eigenvalue weighted by atomic mass is 19.1. The number of carbonyl (C=O) groups excluding carboxylic acids is 3. The van der Waals surface area contributed by atoms with Crippen molar-refractivity contribution < 1.29 is 18.8 Å². The van der Waals surface area contributed by atoms with Crippen LogP contribution in [0.25, 0.3) is 0 Å². The Morgan fingerprint density at radius 3 is 2.30 bits per heavy atom. The maximum absolute atomic E-state index is 13.2. The number of halogens is 1. The van der Waals surface area contributed by atoms with Crippen LogP contribution < -0.4 is 16.0 Å². The van der Waals surface area contributed by atoms with Crippen LogP contribution in [0.5, 0.6) is 0 Å². The molecular formula is C24H26FN5O3. The number of nitrogens with zero attached hydrogens (tertiary/aromatic N) is 2. The van der Waals surface area contributed by atoms with Crippen molar-refractivity contribution in [3.8, 4) is 6.07 Å². The molecule has 1 atom stereocenters. The Labute approximate surface area is 191 Å². The van der Waals surface area contributed by atoms with Gasteiger partial charge in [-0.05, 0) is 54.8 Å². The van der Waals surface area contributed by atoms with Gasteiger partial charge in [0.25, 0.3) is 0 Å². The van der Waals surface area contributed by atoms with Crippen LogP contribution in [-0.4, -0.2) is 47.9 Å². The summed E-state index contributed by atoms with van der Waals surface area (Å²) in [5.74, 6) is -1.00. The highest BCUT2D eigenvalue weighted by Crippen LogP contribution is 2.15. The lowest BCUT2D eigenvalue weighted by Gasteiger charge is -2.33. The van der Waals surface area contributed by atoms with Gasteiger partial charge in [0.2, 0.25) is 11.8 Å². The van der Waals surface area contributed by atoms with Crippen LogP contribution in [0.2, 0.25) is 0 Å². The van der Waals surface area contributed by atoms with E-state index >= 15 is 0 Å². The second-order valence-electron chi connectivity index (χ2n) is 7.97. The average molecular weight is 452 g/mol. The molecule has 3 N–H and O–H groups in total. The summed E-state index contributed by atoms with van der Waals surface area (Å²) in [6, 6.07) is 13.3. The first-order valence-corrected chi connectivity index (χ1v) is 10.7. The minimum Gasteiger partial charge on any atom is -0.351 e. The summed E-state index contributed by atoms with van der Waals surface area (Å²) in [5.41, 5.74) is 1.86. The number of hydrogen-bond donors (Lipinski definition) is 3. The van der Waals surface area contributed by atoms with Gasteiger partial charge in [-0.3, -0.25) is 9.59 Å². The molecule has 1 saturated heterocycles. The molecule has 1 unspecified atom stereocenters. The normalized spacial score (nSPS) is 14.6. The molecule has 0 spiro atoms. The fraction of sp³-hybridized carbons (Fsp3) is 0.333. The van der Waals surface area contributed by atoms with Gasteiger partial charge >= 0.3 is 6.03 Å². The number of nitriles is 1. The summed E-state index contributed by atoms with van der Waals surface area (Å²) in [7, 11) is 0. The molecule has 0 radical (unpaired) electrons. The topological polar surface area (TPSA) is 114 Å². The molecule has 0 aliphatic carbocycles. The number of benzene rings is 2. The predicted octanol–water partition coefficient (Wildman–Crippen LogP) is 2.56. The summed E-state index contributed by atoms with van der Waals surface area (Å²) in [5, 5.41) is 17.3. The zero-order valence-electron chi connectivity index (χ0n) is 18.3. The summed E-state index contributed by atoms with van der Waals surface area (Å²) in [6.45, 7) is 2.28. The average Bonchev–Trinajstić information content (AvgIpc) is 2.80. The summed E-state index contributed by atoms with van der Waals surface area (Å²) in [4.78, 5) is 38.6. The fourth-order valence-electron chi connectivity index (χ4n) is 3.67. The first kappa shape index (κ1) is 23.7. The molecule has 3 rings (SSSR count). The van der Waals surface area contributed by atoms with Gasteiger partial charge in [0, 0.05) is 38.2 Å². The largest absolute Gasteiger partial charge is 0.351 e. The quantitative estimate of drug-likeness (QED) is 0.626. The van der Waals surface area contributed by atoms with Gasteiger partial charge in [0.15, 0.2) is 0 Å². The molecule has 0 bridgehead atoms. The Morgan fingerprint density at radius 1 is 1.09 bits per heavy atom. The van der Waals surface area contributed by atoms with Crippen molar-refractivity contribution in [2.75, 3.05) is 18.4 Å². The molecule has 4 amide bonds. The Balaban J connectivity index is 1.50. The van der Waals surface area contributed by atoms with E-state index in [9.17, 15) is 18.8 Å². The molecular weight excluding hydrogens is 425 g/mol. The van der Waals surface area contributed by atoms with Gasteiger partial charge in [-0.15, -0.1) is 0 Å². The number of urea groups is 1. The van der Waals surface area contributed by atoms with E-state index < -0.39 is 6.04 Å². The van der Waals surface area contributed by atoms with Gasteiger partial charge in [-0.25, -0.2) is 9.18 Å². The Bertz CT molecular complexity index is 1030. The Kier molecular flexibility index (Phi) is 7.97. The number of rotatable bonds is 6. The highest BCUT2D eigenvalue weighted by molar-refractivity contribution is 5.89. The second kappa shape index (κ2) is 11.1. The third-order valence-corrected chi connectivity index (χ3v) is 5.44. The zero-order valence-corrected chi connectivity index (χ0v) is 18.3. The van der Waals surface area contributed by atoms with E-state index in [1.165, 1.54) is 19.1 Å². The van der Waals surface area contributed by atoms with E-state index in [0.717, 1.165) is 5.56 Å². The van der Waals surface area contributed by atoms with Crippen LogP contribution in [0, 0.1) is 17.1 Å². The van der Waals surface area contributed by atoms with E-state index in [1.807, 2.05) is 6.07 Å². The van der Waals surface area contributed by atoms with Crippen LogP contribution in [0.4, 0.5) is 14.9 Å². The lowest BCUT2D eigenvalue weighted by molar-refractivity contribution is -0.128. The van der Waals surface area contributed by atoms with E-state index in [0.29, 0.717) is 37.2 Å². The molecule has 2 aromatic carbocycles. The van der Waals surface area contributed by atoms with Crippen molar-refractivity contribution in [3.05, 3.63) is 65.5 Å². The molecule has 9 heteroatoms. The third-order valence-electron chi connectivity index (χ3n) is 5.44. The third kappa shape index (κ3) is 7.04. The van der Waals surface area contributed by atoms with E-state index in [2.05, 4.69) is 16.0 Å². The minimum absolute atomic E-state index is 0.124. The smallest absolute Gasteiger partial charge is 0.321 e. The second-order valence-corrected chi connectivity index (χ2v) is 7.97. The number of carbonyl (C=O) groups is 3. The first-order valence-electron chi connectivity index (χ1n) is 10.7. The lowest BCUT2D eigenvalue weighted by atomic mass is 10.0. The molecule has 1 aliphatic rings. The fourth-order valence-corrected chi connectivity index (χ4v) is 3.67. The van der Waals surface area contributed by atoms with Crippen molar-refractivity contribution in [2.24, 2.45) is 0 Å². The van der Waals surface area contributed by atoms with Crippen LogP contribution in [0.1, 0.15) is 30.9 Å². The maximum atomic E-state index is 13.2. The summed E-state index contributed by atoms with van der Waals surface area (Å²) < 4.78 is 13.2. The SMILES string of the molecule is CC(=O)NC(Cc1ccc(F)cc1)C(=O)NC1CCN(C(=O)Nc2ccc(C#N)cc2)CC1. The van der Waals surface area contributed by atoms with E-state index in [-0.39, 0.29) is 36.1 Å². The van der Waals surface area contributed by atoms with Gasteiger partial charge in [0.05, 0.1) is 11.6 Å². The number of amides is 4. The van der Waals surface area contributed by atoms with Gasteiger partial charge in [0.1, 0.15) is 11.9 Å². The standard InChI is InChI=1S/C24H26FN5O3/c1-16(31)27-22(14-17-2-6-19(25)7-3-17)23(32)28-21-10-12-30(13-11-21)24(33)29-20-8-4-18(15-26)5-9-20/h2-9,21-22H,10-14H2,1H3,(H,27,31)(H,28,32)(H,29,33). The molecule has 0 aromatic heterocycles. The van der Waals surface area contributed by atoms with E-state index in [4.69, 9.17) is 5.26 Å². The molecule has 172 valence electrons. The van der Waals surface area contributed by atoms with Crippen molar-refractivity contribution in [1.82, 2.24) is 15.5 Å². The number of hydrogen-bond acceptors (Lipinski definition) is 4. The van der Waals surface area contributed by atoms with Crippen LogP contribution in [-0.2, 0) is 16.0 Å². The van der Waals surface area contributed by atoms with Gasteiger partial charge in [-0.2, -0.15) is 5.26 Å². The molecule has 1 heterocycles. The molecule has 2 aromatic rings. The number of likely N-dealkylation sites (tertiary alicyclic amines) is 1. The van der Waals surface area contributed by atoms with Crippen LogP contribution in [0.15, 0.2) is 48.5 Å². The summed E-state index contributed by atoms with van der Waals surface area (Å²) in [6.07, 6.45) is 1.41. The molecule has 1 aliphatic heterocycles. The predicted molar refractivity (Wildman–Crippen MR) is 121 cm³/mol. The number of piperidine rings is 1. The van der Waals surface area contributed by atoms with Crippen molar-refractivity contribution in [3.63, 3.8) is 0 Å². The molecule has 8 nitrogen and oxygen atoms in total. The van der Waals surface area contributed by atoms with Gasteiger partial charge < -0.3 is 20.9 Å². The number of anilines is 1. The molecule has 33 heavy (non-hydrogen) atoms. The van der Waals surface area contributed by atoms with E-state index in [1.54, 1.807) is 41.3 Å². The first-order chi connectivity index (χ1) is 15.8. The molecule has 1 fully saturated rings. The van der Waals surface area contributed by atoms with Crippen molar-refractivity contribution in [1.29, 1.82) is 5.26 Å². The monoisotopic (exact) mass is 451 g/mol. The number of nitrogens with one attached hydrogen (secondary N) is 3. The maximum Gasteiger partial charge on any atom is 0.321 e. The Morgan fingerprint density at radius 2 is 1.73 bits per heavy atom. The van der Waals surface area contributed by atoms with Crippen molar-refractivity contribution in [2.45, 2.75) is 38.3 Å². The Hall–Kier alpha value is -3.93. The van der Waals surface area contributed by atoms with Crippen molar-refractivity contribution >= 4 is 23.5 Å². The minimum atomic E-state index is -0.773. The highest BCUT2D eigenvalue weighted by Gasteiger charge is 2.27.